The molecule has 0 radical (unpaired) electrons. The van der Waals surface area contributed by atoms with Gasteiger partial charge in [-0.15, -0.1) is 16.4 Å². The summed E-state index contributed by atoms with van der Waals surface area (Å²) < 4.78 is 12.3. The molecule has 1 aliphatic rings. The fourth-order valence-corrected chi connectivity index (χ4v) is 15.9. The highest BCUT2D eigenvalue weighted by molar-refractivity contribution is 8.80. The molecule has 11 nitrogen and oxygen atoms in total. The molecule has 40 heavy (non-hydrogen) atoms. The molecular weight excluding hydrogens is 546 g/mol. The summed E-state index contributed by atoms with van der Waals surface area (Å²) in [4.78, 5) is 22.5. The van der Waals surface area contributed by atoms with Gasteiger partial charge in [0, 0.05) is 41.1 Å². The number of furan rings is 1. The summed E-state index contributed by atoms with van der Waals surface area (Å²) in [6.45, 7) is 0. The van der Waals surface area contributed by atoms with Crippen LogP contribution < -0.4 is 0 Å². The van der Waals surface area contributed by atoms with Crippen LogP contribution in [0.25, 0.3) is 10.6 Å². The van der Waals surface area contributed by atoms with Crippen LogP contribution in [0.1, 0.15) is 16.4 Å². The average molecular weight is 568 g/mol. The number of H-pyrrole nitrogens is 4. The van der Waals surface area contributed by atoms with Crippen LogP contribution in [0.3, 0.4) is 0 Å². The Hall–Kier alpha value is -5.14. The summed E-state index contributed by atoms with van der Waals surface area (Å²) in [7, 11) is -5.01. The number of rotatable bonds is 7. The fraction of sp³-hybridized carbons (Fsp3) is 0. The average Bonchev–Trinajstić information content (AvgIpc) is 3.84. The van der Waals surface area contributed by atoms with E-state index in [1.165, 1.54) is 0 Å². The van der Waals surface area contributed by atoms with E-state index < -0.39 is 8.29 Å². The lowest BCUT2D eigenvalue weighted by atomic mass is 10.3. The number of hydrogen-bond donors (Lipinski definition) is 4. The molecule has 7 aromatic rings. The van der Waals surface area contributed by atoms with Gasteiger partial charge in [0.1, 0.15) is 10.7 Å². The van der Waals surface area contributed by atoms with E-state index in [1.807, 2.05) is 66.3 Å². The summed E-state index contributed by atoms with van der Waals surface area (Å²) in [6, 6.07) is 17.9. The van der Waals surface area contributed by atoms with Crippen LogP contribution in [0.2, 0.25) is 0 Å². The first kappa shape index (κ1) is 22.8. The van der Waals surface area contributed by atoms with Crippen molar-refractivity contribution in [2.45, 2.75) is 20.2 Å². The quantitative estimate of drug-likeness (QED) is 0.179. The summed E-state index contributed by atoms with van der Waals surface area (Å²) in [6.07, 6.45) is 12.3. The maximum Gasteiger partial charge on any atom is 0.157 e. The molecule has 0 saturated carbocycles. The van der Waals surface area contributed by atoms with Crippen LogP contribution in [0.15, 0.2) is 138 Å². The minimum absolute atomic E-state index is 0.512. The van der Waals surface area contributed by atoms with E-state index in [-0.39, 0.29) is 0 Å². The van der Waals surface area contributed by atoms with Crippen molar-refractivity contribution in [3.63, 3.8) is 0 Å². The predicted molar refractivity (Wildman–Crippen MR) is 150 cm³/mol. The molecule has 1 aliphatic heterocycles. The lowest BCUT2D eigenvalue weighted by Gasteiger charge is -2.72. The normalized spacial score (nSPS) is 19.1. The Morgan fingerprint density at radius 3 is 2.30 bits per heavy atom. The van der Waals surface area contributed by atoms with Gasteiger partial charge in [-0.3, -0.25) is 5.10 Å². The molecule has 0 bridgehead atoms. The third-order valence-corrected chi connectivity index (χ3v) is 16.6. The molecule has 13 heteroatoms. The molecule has 0 aliphatic carbocycles. The zero-order chi connectivity index (χ0) is 26.7. The molecule has 0 atom stereocenters. The number of aromatic nitrogens is 8. The number of nitrogens with zero attached hydrogens (tertiary/aromatic N) is 5. The minimum Gasteiger partial charge on any atom is -0.459 e. The van der Waals surface area contributed by atoms with Gasteiger partial charge in [0.05, 0.1) is 26.9 Å². The summed E-state index contributed by atoms with van der Waals surface area (Å²) in [5, 5.41) is 21.8. The van der Waals surface area contributed by atoms with Crippen molar-refractivity contribution in [2.24, 2.45) is 4.99 Å². The van der Waals surface area contributed by atoms with Crippen molar-refractivity contribution in [1.82, 2.24) is 40.5 Å². The fourth-order valence-electron chi connectivity index (χ4n) is 6.33. The molecule has 198 valence electrons. The molecule has 0 spiro atoms. The number of hydrogen-bond acceptors (Lipinski definition) is 8. The van der Waals surface area contributed by atoms with Crippen molar-refractivity contribution in [2.75, 3.05) is 0 Å². The Balaban J connectivity index is 1.82. The molecule has 0 amide bonds. The summed E-state index contributed by atoms with van der Waals surface area (Å²) >= 11 is 1.59. The molecule has 8 rings (SSSR count). The van der Waals surface area contributed by atoms with E-state index >= 15 is 0 Å². The second kappa shape index (κ2) is 7.71. The zero-order valence-corrected chi connectivity index (χ0v) is 22.3. The lowest BCUT2D eigenvalue weighted by molar-refractivity contribution is 0.392. The van der Waals surface area contributed by atoms with E-state index in [4.69, 9.17) is 24.0 Å². The zero-order valence-electron chi connectivity index (χ0n) is 20.7. The summed E-state index contributed by atoms with van der Waals surface area (Å²) in [5.41, 5.74) is 1.29. The first-order chi connectivity index (χ1) is 19.8. The van der Waals surface area contributed by atoms with Crippen LogP contribution in [0.5, 0.6) is 0 Å². The van der Waals surface area contributed by atoms with Gasteiger partial charge in [0.2, 0.25) is 0 Å². The molecule has 0 aromatic carbocycles. The van der Waals surface area contributed by atoms with Gasteiger partial charge in [0.25, 0.3) is 0 Å². The van der Waals surface area contributed by atoms with E-state index in [1.54, 1.807) is 42.5 Å². The smallest absolute Gasteiger partial charge is 0.157 e. The topological polar surface area (TPSA) is 153 Å². The molecule has 0 saturated heterocycles. The molecule has 7 aromatic heterocycles. The molecule has 0 fully saturated rings. The molecule has 0 unspecified atom stereocenters. The van der Waals surface area contributed by atoms with Crippen LogP contribution in [0, 0.1) is 0 Å². The monoisotopic (exact) mass is 567 g/mol. The highest BCUT2D eigenvalue weighted by Gasteiger charge is 2.82. The Morgan fingerprint density at radius 2 is 1.73 bits per heavy atom. The van der Waals surface area contributed by atoms with Crippen molar-refractivity contribution in [3.8, 4) is 0 Å². The third-order valence-electron chi connectivity index (χ3n) is 7.72. The lowest BCUT2D eigenvalue weighted by Crippen LogP contribution is -2.45. The van der Waals surface area contributed by atoms with Gasteiger partial charge in [0.15, 0.2) is 22.2 Å². The number of aliphatic imine (C=N–C) groups is 1. The van der Waals surface area contributed by atoms with Gasteiger partial charge < -0.3 is 23.9 Å². The highest BCUT2D eigenvalue weighted by Crippen LogP contribution is 3.13. The Bertz CT molecular complexity index is 1810. The maximum atomic E-state index is 6.65. The van der Waals surface area contributed by atoms with Crippen molar-refractivity contribution in [3.05, 3.63) is 120 Å². The van der Waals surface area contributed by atoms with Gasteiger partial charge in [-0.25, -0.2) is 9.98 Å². The van der Waals surface area contributed by atoms with Crippen LogP contribution >= 0.6 is 19.6 Å². The largest absolute Gasteiger partial charge is 0.459 e. The molecule has 4 N–H and O–H groups in total. The van der Waals surface area contributed by atoms with E-state index in [0.717, 1.165) is 19.8 Å². The first-order valence-corrected chi connectivity index (χ1v) is 15.6. The second-order valence-corrected chi connectivity index (χ2v) is 15.8. The van der Waals surface area contributed by atoms with Gasteiger partial charge >= 0.3 is 0 Å². The van der Waals surface area contributed by atoms with E-state index in [9.17, 15) is 0 Å². The van der Waals surface area contributed by atoms with Crippen LogP contribution in [0.4, 0.5) is 0 Å². The Morgan fingerprint density at radius 1 is 0.850 bits per heavy atom. The second-order valence-electron chi connectivity index (χ2n) is 9.25. The standard InChI is InChI=1S/C27H21N9O2S2/c1-6-20(28-10-1)40(21-7-2-11-29-21,22-17-38-36-35-22,23-8-3-15-37-23)25(19-5-4-16-39-19)24(26-30-13-14-31-26)33-27(40)18-9-12-32-34-18/h1-17,28-29H,(H,30,31)(H,32,34). The highest BCUT2D eigenvalue weighted by atomic mass is 32.4. The molecule has 8 heterocycles. The van der Waals surface area contributed by atoms with Crippen LogP contribution in [-0.4, -0.2) is 45.5 Å². The number of thiophene rings is 1. The van der Waals surface area contributed by atoms with Crippen LogP contribution in [-0.2, 0) is 0 Å². The van der Waals surface area contributed by atoms with Gasteiger partial charge in [-0.2, -0.15) is 5.10 Å². The summed E-state index contributed by atoms with van der Waals surface area (Å²) in [5.74, 6) is 0.587. The van der Waals surface area contributed by atoms with Gasteiger partial charge in [-0.1, -0.05) is 14.4 Å². The Kier molecular flexibility index (Phi) is 4.40. The van der Waals surface area contributed by atoms with Crippen molar-refractivity contribution >= 4 is 35.3 Å². The van der Waals surface area contributed by atoms with E-state index in [0.29, 0.717) is 32.4 Å². The van der Waals surface area contributed by atoms with Crippen molar-refractivity contribution in [1.29, 1.82) is 0 Å². The SMILES string of the molecule is c1c[nH]c(S2(c3conn3)(c3ccc[nH]3)(c3ccco3)C(c3ccn[nH]3)=NC(c3ncc[nH]3)=C2c2cccs2)c1. The van der Waals surface area contributed by atoms with Gasteiger partial charge in [-0.05, 0) is 53.9 Å². The number of nitrogens with one attached hydrogen (secondary N) is 4. The van der Waals surface area contributed by atoms with Crippen molar-refractivity contribution < 1.29 is 8.94 Å². The minimum atomic E-state index is -5.01. The van der Waals surface area contributed by atoms with E-state index in [2.05, 4.69) is 36.5 Å². The first-order valence-electron chi connectivity index (χ1n) is 12.3. The third kappa shape index (κ3) is 2.17. The maximum absolute atomic E-state index is 6.65. The number of imidazole rings is 1. The predicted octanol–water partition coefficient (Wildman–Crippen LogP) is 6.23. The molecular formula is C27H21N9O2S2. The Labute approximate surface area is 229 Å². The number of aromatic amines is 4.